The Morgan fingerprint density at radius 3 is 2.69 bits per heavy atom. The lowest BCUT2D eigenvalue weighted by Crippen LogP contribution is -2.43. The van der Waals surface area contributed by atoms with Crippen molar-refractivity contribution in [1.82, 2.24) is 10.3 Å². The molecule has 0 aliphatic rings. The van der Waals surface area contributed by atoms with Crippen LogP contribution in [0.4, 0.5) is 0 Å². The number of aromatic nitrogens is 1. The summed E-state index contributed by atoms with van der Waals surface area (Å²) in [6.45, 7) is 1.98. The highest BCUT2D eigenvalue weighted by Gasteiger charge is 2.23. The van der Waals surface area contributed by atoms with E-state index in [0.29, 0.717) is 12.0 Å². The second kappa shape index (κ2) is 7.78. The molecule has 5 heteroatoms. The lowest BCUT2D eigenvalue weighted by atomic mass is 10.0. The molecular formula is C21H20N2O3. The molecule has 3 aromatic rings. The first-order chi connectivity index (χ1) is 12.6. The summed E-state index contributed by atoms with van der Waals surface area (Å²) >= 11 is 0. The molecule has 1 amide bonds. The molecule has 5 nitrogen and oxygen atoms in total. The number of hydrogen-bond acceptors (Lipinski definition) is 4. The van der Waals surface area contributed by atoms with Gasteiger partial charge in [0.15, 0.2) is 0 Å². The van der Waals surface area contributed by atoms with Gasteiger partial charge in [-0.2, -0.15) is 0 Å². The number of para-hydroxylation sites is 1. The number of esters is 1. The highest BCUT2D eigenvalue weighted by atomic mass is 16.5. The SMILES string of the molecule is COC(=O)[C@H](Cc1cccc(C)c1)NC(=O)c1ccnc2ccccc12. The molecule has 0 spiro atoms. The molecule has 26 heavy (non-hydrogen) atoms. The van der Waals surface area contributed by atoms with Crippen LogP contribution in [-0.2, 0) is 16.0 Å². The first-order valence-corrected chi connectivity index (χ1v) is 8.36. The minimum Gasteiger partial charge on any atom is -0.467 e. The molecular weight excluding hydrogens is 328 g/mol. The third-order valence-electron chi connectivity index (χ3n) is 4.21. The average molecular weight is 348 g/mol. The number of benzene rings is 2. The number of pyridine rings is 1. The van der Waals surface area contributed by atoms with E-state index in [0.717, 1.165) is 22.0 Å². The standard InChI is InChI=1S/C21H20N2O3/c1-14-6-5-7-15(12-14)13-19(21(25)26-2)23-20(24)17-10-11-22-18-9-4-3-8-16(17)18/h3-12,19H,13H2,1-2H3,(H,23,24)/t19-/m0/s1. The van der Waals surface area contributed by atoms with Gasteiger partial charge in [0.25, 0.3) is 5.91 Å². The summed E-state index contributed by atoms with van der Waals surface area (Å²) in [7, 11) is 1.32. The topological polar surface area (TPSA) is 68.3 Å². The molecule has 1 atom stereocenters. The Bertz CT molecular complexity index is 947. The summed E-state index contributed by atoms with van der Waals surface area (Å²) in [5, 5.41) is 3.55. The number of rotatable bonds is 5. The maximum atomic E-state index is 12.8. The predicted octanol–water partition coefficient (Wildman–Crippen LogP) is 3.06. The monoisotopic (exact) mass is 348 g/mol. The molecule has 3 rings (SSSR count). The molecule has 132 valence electrons. The number of carbonyl (C=O) groups is 2. The summed E-state index contributed by atoms with van der Waals surface area (Å²) in [5.41, 5.74) is 3.26. The highest BCUT2D eigenvalue weighted by molar-refractivity contribution is 6.07. The third kappa shape index (κ3) is 3.88. The summed E-state index contributed by atoms with van der Waals surface area (Å²) in [4.78, 5) is 29.2. The van der Waals surface area contributed by atoms with Gasteiger partial charge < -0.3 is 10.1 Å². The Morgan fingerprint density at radius 2 is 1.92 bits per heavy atom. The van der Waals surface area contributed by atoms with Crippen LogP contribution in [0.15, 0.2) is 60.8 Å². The van der Waals surface area contributed by atoms with Gasteiger partial charge in [-0.3, -0.25) is 9.78 Å². The fourth-order valence-corrected chi connectivity index (χ4v) is 2.94. The quantitative estimate of drug-likeness (QED) is 0.720. The Hall–Kier alpha value is -3.21. The number of carbonyl (C=O) groups excluding carboxylic acids is 2. The van der Waals surface area contributed by atoms with Crippen LogP contribution in [0.1, 0.15) is 21.5 Å². The van der Waals surface area contributed by atoms with E-state index in [-0.39, 0.29) is 5.91 Å². The van der Waals surface area contributed by atoms with E-state index in [1.54, 1.807) is 12.3 Å². The number of methoxy groups -OCH3 is 1. The van der Waals surface area contributed by atoms with Crippen molar-refractivity contribution in [3.8, 4) is 0 Å². The van der Waals surface area contributed by atoms with E-state index >= 15 is 0 Å². The maximum absolute atomic E-state index is 12.8. The average Bonchev–Trinajstić information content (AvgIpc) is 2.66. The number of aryl methyl sites for hydroxylation is 1. The molecule has 1 heterocycles. The fraction of sp³-hybridized carbons (Fsp3) is 0.190. The summed E-state index contributed by atoms with van der Waals surface area (Å²) in [6.07, 6.45) is 1.95. The van der Waals surface area contributed by atoms with Crippen LogP contribution in [0.2, 0.25) is 0 Å². The van der Waals surface area contributed by atoms with Gasteiger partial charge in [0.1, 0.15) is 6.04 Å². The van der Waals surface area contributed by atoms with E-state index in [1.165, 1.54) is 7.11 Å². The predicted molar refractivity (Wildman–Crippen MR) is 99.9 cm³/mol. The van der Waals surface area contributed by atoms with Crippen LogP contribution in [0.5, 0.6) is 0 Å². The Kier molecular flexibility index (Phi) is 5.27. The van der Waals surface area contributed by atoms with Gasteiger partial charge in [-0.15, -0.1) is 0 Å². The molecule has 1 N–H and O–H groups in total. The number of ether oxygens (including phenoxy) is 1. The second-order valence-corrected chi connectivity index (χ2v) is 6.12. The van der Waals surface area contributed by atoms with Crippen LogP contribution >= 0.6 is 0 Å². The van der Waals surface area contributed by atoms with Crippen molar-refractivity contribution >= 4 is 22.8 Å². The van der Waals surface area contributed by atoms with E-state index in [2.05, 4.69) is 10.3 Å². The van der Waals surface area contributed by atoms with E-state index in [4.69, 9.17) is 4.74 Å². The number of nitrogens with one attached hydrogen (secondary N) is 1. The molecule has 0 aliphatic carbocycles. The number of fused-ring (bicyclic) bond motifs is 1. The highest BCUT2D eigenvalue weighted by Crippen LogP contribution is 2.16. The Morgan fingerprint density at radius 1 is 1.12 bits per heavy atom. The third-order valence-corrected chi connectivity index (χ3v) is 4.21. The van der Waals surface area contributed by atoms with Gasteiger partial charge >= 0.3 is 5.97 Å². The Labute approximate surface area is 152 Å². The smallest absolute Gasteiger partial charge is 0.328 e. The molecule has 0 fully saturated rings. The lowest BCUT2D eigenvalue weighted by molar-refractivity contribution is -0.142. The molecule has 2 aromatic carbocycles. The van der Waals surface area contributed by atoms with Crippen LogP contribution < -0.4 is 5.32 Å². The lowest BCUT2D eigenvalue weighted by Gasteiger charge is -2.17. The van der Waals surface area contributed by atoms with Crippen molar-refractivity contribution in [2.24, 2.45) is 0 Å². The first-order valence-electron chi connectivity index (χ1n) is 8.36. The van der Waals surface area contributed by atoms with Crippen molar-refractivity contribution in [2.45, 2.75) is 19.4 Å². The van der Waals surface area contributed by atoms with Crippen molar-refractivity contribution in [1.29, 1.82) is 0 Å². The van der Waals surface area contributed by atoms with Gasteiger partial charge in [0, 0.05) is 18.0 Å². The fourth-order valence-electron chi connectivity index (χ4n) is 2.94. The zero-order valence-corrected chi connectivity index (χ0v) is 14.7. The number of hydrogen-bond donors (Lipinski definition) is 1. The zero-order valence-electron chi connectivity index (χ0n) is 14.7. The molecule has 0 saturated carbocycles. The van der Waals surface area contributed by atoms with Gasteiger partial charge in [-0.25, -0.2) is 4.79 Å². The summed E-state index contributed by atoms with van der Waals surface area (Å²) < 4.78 is 4.87. The second-order valence-electron chi connectivity index (χ2n) is 6.12. The zero-order chi connectivity index (χ0) is 18.5. The van der Waals surface area contributed by atoms with Gasteiger partial charge in [0.2, 0.25) is 0 Å². The number of nitrogens with zero attached hydrogens (tertiary/aromatic N) is 1. The Balaban J connectivity index is 1.86. The maximum Gasteiger partial charge on any atom is 0.328 e. The van der Waals surface area contributed by atoms with Gasteiger partial charge in [-0.1, -0.05) is 48.0 Å². The normalized spacial score (nSPS) is 11.8. The van der Waals surface area contributed by atoms with Crippen LogP contribution in [0.25, 0.3) is 10.9 Å². The van der Waals surface area contributed by atoms with Crippen molar-refractivity contribution < 1.29 is 14.3 Å². The van der Waals surface area contributed by atoms with Crippen LogP contribution in [-0.4, -0.2) is 30.0 Å². The molecule has 0 saturated heterocycles. The van der Waals surface area contributed by atoms with E-state index in [1.807, 2.05) is 55.5 Å². The first kappa shape index (κ1) is 17.6. The van der Waals surface area contributed by atoms with E-state index in [9.17, 15) is 9.59 Å². The minimum absolute atomic E-state index is 0.327. The van der Waals surface area contributed by atoms with Crippen LogP contribution in [0, 0.1) is 6.92 Å². The van der Waals surface area contributed by atoms with Crippen molar-refractivity contribution in [2.75, 3.05) is 7.11 Å². The van der Waals surface area contributed by atoms with Gasteiger partial charge in [-0.05, 0) is 24.6 Å². The largest absolute Gasteiger partial charge is 0.467 e. The summed E-state index contributed by atoms with van der Waals surface area (Å²) in [5.74, 6) is -0.801. The molecule has 0 unspecified atom stereocenters. The summed E-state index contributed by atoms with van der Waals surface area (Å²) in [6, 6.07) is 16.1. The van der Waals surface area contributed by atoms with Crippen LogP contribution in [0.3, 0.4) is 0 Å². The van der Waals surface area contributed by atoms with E-state index < -0.39 is 12.0 Å². The molecule has 0 aliphatic heterocycles. The molecule has 0 bridgehead atoms. The molecule has 0 radical (unpaired) electrons. The number of amides is 1. The van der Waals surface area contributed by atoms with Gasteiger partial charge in [0.05, 0.1) is 18.2 Å². The van der Waals surface area contributed by atoms with Crippen molar-refractivity contribution in [3.05, 3.63) is 77.5 Å². The molecule has 1 aromatic heterocycles. The minimum atomic E-state index is -0.763. The van der Waals surface area contributed by atoms with Crippen molar-refractivity contribution in [3.63, 3.8) is 0 Å².